The van der Waals surface area contributed by atoms with Gasteiger partial charge in [0.25, 0.3) is 5.95 Å². The Morgan fingerprint density at radius 2 is 2.07 bits per heavy atom. The van der Waals surface area contributed by atoms with Gasteiger partial charge in [-0.1, -0.05) is 12.1 Å². The average Bonchev–Trinajstić information content (AvgIpc) is 3.39. The van der Waals surface area contributed by atoms with Gasteiger partial charge < -0.3 is 25.4 Å². The third-order valence-electron chi connectivity index (χ3n) is 4.55. The predicted octanol–water partition coefficient (Wildman–Crippen LogP) is -1.38. The van der Waals surface area contributed by atoms with Crippen LogP contribution in [0.2, 0.25) is 0 Å². The SMILES string of the molecule is CCc1cn(-c2nc(NC)c3ncn(C4OC(CO)C(O)C4O)c3n2)nn1. The number of aliphatic hydroxyl groups is 3. The van der Waals surface area contributed by atoms with Gasteiger partial charge in [-0.05, 0) is 6.42 Å². The molecule has 144 valence electrons. The van der Waals surface area contributed by atoms with Gasteiger partial charge in [-0.15, -0.1) is 5.10 Å². The van der Waals surface area contributed by atoms with Gasteiger partial charge in [-0.2, -0.15) is 14.6 Å². The first-order chi connectivity index (χ1) is 13.1. The fourth-order valence-electron chi connectivity index (χ4n) is 3.04. The molecule has 3 aromatic heterocycles. The van der Waals surface area contributed by atoms with Crippen molar-refractivity contribution in [3.05, 3.63) is 18.2 Å². The number of ether oxygens (including phenoxy) is 1. The van der Waals surface area contributed by atoms with Crippen LogP contribution in [0.4, 0.5) is 5.82 Å². The molecule has 4 heterocycles. The molecule has 4 N–H and O–H groups in total. The zero-order chi connectivity index (χ0) is 19.1. The van der Waals surface area contributed by atoms with Gasteiger partial charge in [0.15, 0.2) is 23.2 Å². The molecular formula is C15H20N8O4. The van der Waals surface area contributed by atoms with Gasteiger partial charge in [0, 0.05) is 7.05 Å². The molecule has 0 aromatic carbocycles. The van der Waals surface area contributed by atoms with E-state index in [1.807, 2.05) is 6.92 Å². The van der Waals surface area contributed by atoms with Gasteiger partial charge >= 0.3 is 0 Å². The van der Waals surface area contributed by atoms with Crippen molar-refractivity contribution in [2.45, 2.75) is 37.9 Å². The van der Waals surface area contributed by atoms with Crippen molar-refractivity contribution >= 4 is 17.0 Å². The van der Waals surface area contributed by atoms with Crippen LogP contribution in [0, 0.1) is 0 Å². The molecule has 1 fully saturated rings. The average molecular weight is 376 g/mol. The van der Waals surface area contributed by atoms with Crippen molar-refractivity contribution in [2.24, 2.45) is 0 Å². The van der Waals surface area contributed by atoms with E-state index in [1.54, 1.807) is 13.2 Å². The second-order valence-corrected chi connectivity index (χ2v) is 6.18. The lowest BCUT2D eigenvalue weighted by atomic mass is 10.1. The molecule has 12 heteroatoms. The zero-order valence-corrected chi connectivity index (χ0v) is 14.8. The molecule has 0 radical (unpaired) electrons. The number of hydrogen-bond acceptors (Lipinski definition) is 10. The summed E-state index contributed by atoms with van der Waals surface area (Å²) in [5, 5.41) is 40.7. The minimum absolute atomic E-state index is 0.271. The van der Waals surface area contributed by atoms with Crippen LogP contribution in [0.15, 0.2) is 12.5 Å². The molecule has 0 saturated carbocycles. The number of nitrogens with zero attached hydrogens (tertiary/aromatic N) is 7. The predicted molar refractivity (Wildman–Crippen MR) is 92.2 cm³/mol. The first-order valence-electron chi connectivity index (χ1n) is 8.53. The van der Waals surface area contributed by atoms with Gasteiger partial charge in [0.1, 0.15) is 18.3 Å². The summed E-state index contributed by atoms with van der Waals surface area (Å²) >= 11 is 0. The second-order valence-electron chi connectivity index (χ2n) is 6.18. The summed E-state index contributed by atoms with van der Waals surface area (Å²) in [7, 11) is 1.70. The van der Waals surface area contributed by atoms with Gasteiger partial charge in [-0.3, -0.25) is 4.57 Å². The van der Waals surface area contributed by atoms with Crippen molar-refractivity contribution < 1.29 is 20.1 Å². The summed E-state index contributed by atoms with van der Waals surface area (Å²) in [6.45, 7) is 1.55. The van der Waals surface area contributed by atoms with Crippen LogP contribution >= 0.6 is 0 Å². The molecule has 0 aliphatic carbocycles. The quantitative estimate of drug-likeness (QED) is 0.418. The molecule has 0 amide bonds. The highest BCUT2D eigenvalue weighted by Gasteiger charge is 2.44. The van der Waals surface area contributed by atoms with E-state index in [2.05, 4.69) is 30.6 Å². The number of aliphatic hydroxyl groups excluding tert-OH is 3. The molecule has 4 atom stereocenters. The minimum Gasteiger partial charge on any atom is -0.394 e. The Balaban J connectivity index is 1.82. The van der Waals surface area contributed by atoms with Crippen molar-refractivity contribution in [3.8, 4) is 5.95 Å². The molecule has 1 saturated heterocycles. The van der Waals surface area contributed by atoms with Crippen molar-refractivity contribution in [1.82, 2.24) is 34.5 Å². The summed E-state index contributed by atoms with van der Waals surface area (Å²) in [5.41, 5.74) is 1.64. The molecule has 1 aliphatic rings. The van der Waals surface area contributed by atoms with E-state index in [1.165, 1.54) is 15.6 Å². The number of rotatable bonds is 5. The number of aromatic nitrogens is 7. The Morgan fingerprint density at radius 3 is 2.70 bits per heavy atom. The molecule has 27 heavy (non-hydrogen) atoms. The number of fused-ring (bicyclic) bond motifs is 1. The Labute approximate surface area is 153 Å². The lowest BCUT2D eigenvalue weighted by molar-refractivity contribution is -0.0511. The summed E-state index contributed by atoms with van der Waals surface area (Å²) < 4.78 is 8.54. The van der Waals surface area contributed by atoms with Gasteiger partial charge in [-0.25, -0.2) is 4.98 Å². The maximum Gasteiger partial charge on any atom is 0.256 e. The third-order valence-corrected chi connectivity index (χ3v) is 4.55. The van der Waals surface area contributed by atoms with E-state index in [4.69, 9.17) is 4.74 Å². The summed E-state index contributed by atoms with van der Waals surface area (Å²) in [4.78, 5) is 13.2. The zero-order valence-electron chi connectivity index (χ0n) is 14.8. The van der Waals surface area contributed by atoms with Crippen LogP contribution in [0.5, 0.6) is 0 Å². The molecule has 4 unspecified atom stereocenters. The lowest BCUT2D eigenvalue weighted by Crippen LogP contribution is -2.33. The number of nitrogens with one attached hydrogen (secondary N) is 1. The van der Waals surface area contributed by atoms with Crippen LogP contribution in [0.1, 0.15) is 18.8 Å². The molecular weight excluding hydrogens is 356 g/mol. The number of anilines is 1. The maximum absolute atomic E-state index is 10.3. The highest BCUT2D eigenvalue weighted by molar-refractivity contribution is 5.83. The summed E-state index contributed by atoms with van der Waals surface area (Å²) in [6, 6.07) is 0. The molecule has 1 aliphatic heterocycles. The molecule has 0 spiro atoms. The Bertz CT molecular complexity index is 957. The van der Waals surface area contributed by atoms with Gasteiger partial charge in [0.2, 0.25) is 0 Å². The lowest BCUT2D eigenvalue weighted by Gasteiger charge is -2.16. The van der Waals surface area contributed by atoms with E-state index in [9.17, 15) is 15.3 Å². The van der Waals surface area contributed by atoms with Crippen LogP contribution < -0.4 is 5.32 Å². The first-order valence-corrected chi connectivity index (χ1v) is 8.53. The molecule has 12 nitrogen and oxygen atoms in total. The van der Waals surface area contributed by atoms with Crippen LogP contribution in [0.25, 0.3) is 17.1 Å². The van der Waals surface area contributed by atoms with Crippen molar-refractivity contribution in [2.75, 3.05) is 19.0 Å². The Morgan fingerprint density at radius 1 is 1.26 bits per heavy atom. The normalized spacial score (nSPS) is 25.4. The fourth-order valence-corrected chi connectivity index (χ4v) is 3.04. The minimum atomic E-state index is -1.24. The highest BCUT2D eigenvalue weighted by atomic mass is 16.6. The maximum atomic E-state index is 10.3. The summed E-state index contributed by atoms with van der Waals surface area (Å²) in [6.07, 6.45) is -0.399. The number of imidazole rings is 1. The largest absolute Gasteiger partial charge is 0.394 e. The van der Waals surface area contributed by atoms with Crippen molar-refractivity contribution in [3.63, 3.8) is 0 Å². The van der Waals surface area contributed by atoms with E-state index in [0.717, 1.165) is 12.1 Å². The van der Waals surface area contributed by atoms with E-state index in [0.29, 0.717) is 17.0 Å². The third kappa shape index (κ3) is 2.82. The smallest absolute Gasteiger partial charge is 0.256 e. The van der Waals surface area contributed by atoms with E-state index >= 15 is 0 Å². The number of hydrogen-bond donors (Lipinski definition) is 4. The standard InChI is InChI=1S/C15H20N8O4/c1-3-7-4-23(21-20-7)15-18-12(16-2)9-13(19-15)22(6-17-9)14-11(26)10(25)8(5-24)27-14/h4,6,8,10-11,14,24-26H,3,5H2,1-2H3,(H,16,18,19). The van der Waals surface area contributed by atoms with E-state index < -0.39 is 31.1 Å². The Hall–Kier alpha value is -2.67. The fraction of sp³-hybridized carbons (Fsp3) is 0.533. The Kier molecular flexibility index (Phi) is 4.47. The monoisotopic (exact) mass is 376 g/mol. The molecule has 3 aromatic rings. The first kappa shape index (κ1) is 17.7. The highest BCUT2D eigenvalue weighted by Crippen LogP contribution is 2.32. The van der Waals surface area contributed by atoms with Crippen LogP contribution in [-0.4, -0.2) is 81.8 Å². The topological polar surface area (TPSA) is 156 Å². The van der Waals surface area contributed by atoms with Crippen LogP contribution in [0.3, 0.4) is 0 Å². The van der Waals surface area contributed by atoms with Crippen molar-refractivity contribution in [1.29, 1.82) is 0 Å². The molecule has 4 rings (SSSR count). The van der Waals surface area contributed by atoms with Crippen LogP contribution in [-0.2, 0) is 11.2 Å². The van der Waals surface area contributed by atoms with E-state index in [-0.39, 0.29) is 5.95 Å². The second kappa shape index (κ2) is 6.81. The summed E-state index contributed by atoms with van der Waals surface area (Å²) in [5.74, 6) is 0.738. The molecule has 0 bridgehead atoms. The van der Waals surface area contributed by atoms with Gasteiger partial charge in [0.05, 0.1) is 24.8 Å². The number of aryl methyl sites for hydroxylation is 1.